The number of nitrogens with one attached hydrogen (secondary N) is 2. The zero-order chi connectivity index (χ0) is 17.6. The molecule has 1 heterocycles. The first-order valence-corrected chi connectivity index (χ1v) is 7.90. The van der Waals surface area contributed by atoms with E-state index in [1.165, 1.54) is 0 Å². The number of rotatable bonds is 6. The van der Waals surface area contributed by atoms with E-state index >= 15 is 0 Å². The lowest BCUT2D eigenvalue weighted by Crippen LogP contribution is -2.00. The third-order valence-electron chi connectivity index (χ3n) is 3.41. The van der Waals surface area contributed by atoms with Crippen LogP contribution in [-0.2, 0) is 0 Å². The standard InChI is InChI=1S/C18H17ClN4O2/c1-24-14-5-3-4-12(10-14)22-18-20-9-8-17(23-18)21-13-6-7-16(25-2)15(19)11-13/h3-11H,1-2H3,(H2,20,21,22,23). The van der Waals surface area contributed by atoms with Crippen molar-refractivity contribution in [3.05, 3.63) is 59.8 Å². The second-order valence-corrected chi connectivity index (χ2v) is 5.50. The second kappa shape index (κ2) is 7.72. The molecule has 2 N–H and O–H groups in total. The van der Waals surface area contributed by atoms with Crippen LogP contribution in [0.1, 0.15) is 0 Å². The van der Waals surface area contributed by atoms with Gasteiger partial charge in [0.25, 0.3) is 0 Å². The van der Waals surface area contributed by atoms with Crippen LogP contribution in [0.3, 0.4) is 0 Å². The first kappa shape index (κ1) is 16.9. The van der Waals surface area contributed by atoms with Crippen molar-refractivity contribution < 1.29 is 9.47 Å². The Morgan fingerprint density at radius 3 is 2.52 bits per heavy atom. The van der Waals surface area contributed by atoms with Crippen molar-refractivity contribution in [3.8, 4) is 11.5 Å². The Labute approximate surface area is 150 Å². The monoisotopic (exact) mass is 356 g/mol. The minimum absolute atomic E-state index is 0.470. The first-order valence-electron chi connectivity index (χ1n) is 7.52. The molecule has 128 valence electrons. The molecule has 1 aromatic heterocycles. The SMILES string of the molecule is COc1cccc(Nc2nccc(Nc3ccc(OC)c(Cl)c3)n2)c1. The van der Waals surface area contributed by atoms with E-state index in [0.717, 1.165) is 17.1 Å². The molecule has 3 aromatic rings. The molecular weight excluding hydrogens is 340 g/mol. The van der Waals surface area contributed by atoms with Crippen molar-refractivity contribution in [1.82, 2.24) is 9.97 Å². The number of hydrogen-bond acceptors (Lipinski definition) is 6. The van der Waals surface area contributed by atoms with Crippen LogP contribution in [0.4, 0.5) is 23.1 Å². The van der Waals surface area contributed by atoms with Crippen LogP contribution < -0.4 is 20.1 Å². The summed E-state index contributed by atoms with van der Waals surface area (Å²) >= 11 is 6.14. The molecule has 3 rings (SSSR count). The number of ether oxygens (including phenoxy) is 2. The fourth-order valence-corrected chi connectivity index (χ4v) is 2.47. The van der Waals surface area contributed by atoms with Gasteiger partial charge in [-0.05, 0) is 36.4 Å². The van der Waals surface area contributed by atoms with Gasteiger partial charge < -0.3 is 20.1 Å². The van der Waals surface area contributed by atoms with Crippen molar-refractivity contribution in [2.45, 2.75) is 0 Å². The summed E-state index contributed by atoms with van der Waals surface area (Å²) in [5.41, 5.74) is 1.64. The highest BCUT2D eigenvalue weighted by Gasteiger charge is 2.05. The molecule has 2 aromatic carbocycles. The molecule has 0 atom stereocenters. The van der Waals surface area contributed by atoms with Gasteiger partial charge in [0, 0.05) is 23.6 Å². The van der Waals surface area contributed by atoms with Gasteiger partial charge in [-0.1, -0.05) is 17.7 Å². The summed E-state index contributed by atoms with van der Waals surface area (Å²) in [5.74, 6) is 2.49. The molecular formula is C18H17ClN4O2. The quantitative estimate of drug-likeness (QED) is 0.671. The molecule has 7 heteroatoms. The lowest BCUT2D eigenvalue weighted by molar-refractivity contribution is 0.415. The Balaban J connectivity index is 1.76. The summed E-state index contributed by atoms with van der Waals surface area (Å²) in [5, 5.41) is 6.86. The van der Waals surface area contributed by atoms with Crippen LogP contribution in [0.15, 0.2) is 54.7 Å². The first-order chi connectivity index (χ1) is 12.2. The average molecular weight is 357 g/mol. The summed E-state index contributed by atoms with van der Waals surface area (Å²) in [6, 6.07) is 14.7. The highest BCUT2D eigenvalue weighted by atomic mass is 35.5. The number of anilines is 4. The van der Waals surface area contributed by atoms with Crippen LogP contribution in [-0.4, -0.2) is 24.2 Å². The molecule has 0 fully saturated rings. The zero-order valence-corrected chi connectivity index (χ0v) is 14.5. The predicted molar refractivity (Wildman–Crippen MR) is 99.6 cm³/mol. The van der Waals surface area contributed by atoms with Crippen molar-refractivity contribution >= 4 is 34.7 Å². The molecule has 0 amide bonds. The molecule has 0 aliphatic rings. The average Bonchev–Trinajstić information content (AvgIpc) is 2.62. The fraction of sp³-hybridized carbons (Fsp3) is 0.111. The van der Waals surface area contributed by atoms with Crippen LogP contribution in [0.5, 0.6) is 11.5 Å². The minimum atomic E-state index is 0.470. The molecule has 0 spiro atoms. The van der Waals surface area contributed by atoms with Gasteiger partial charge in [-0.2, -0.15) is 4.98 Å². The third-order valence-corrected chi connectivity index (χ3v) is 3.70. The lowest BCUT2D eigenvalue weighted by atomic mass is 10.3. The van der Waals surface area contributed by atoms with Gasteiger partial charge in [0.2, 0.25) is 5.95 Å². The molecule has 0 radical (unpaired) electrons. The molecule has 0 saturated heterocycles. The smallest absolute Gasteiger partial charge is 0.229 e. The Morgan fingerprint density at radius 2 is 1.76 bits per heavy atom. The number of methoxy groups -OCH3 is 2. The maximum Gasteiger partial charge on any atom is 0.229 e. The largest absolute Gasteiger partial charge is 0.497 e. The van der Waals surface area contributed by atoms with Crippen LogP contribution in [0.2, 0.25) is 5.02 Å². The van der Waals surface area contributed by atoms with Crippen molar-refractivity contribution in [2.75, 3.05) is 24.9 Å². The normalized spacial score (nSPS) is 10.2. The van der Waals surface area contributed by atoms with E-state index in [1.807, 2.05) is 30.3 Å². The highest BCUT2D eigenvalue weighted by Crippen LogP contribution is 2.28. The molecule has 0 saturated carbocycles. The Bertz CT molecular complexity index is 873. The van der Waals surface area contributed by atoms with Crippen LogP contribution in [0.25, 0.3) is 0 Å². The van der Waals surface area contributed by atoms with Crippen molar-refractivity contribution in [2.24, 2.45) is 0 Å². The van der Waals surface area contributed by atoms with Gasteiger partial charge in [0.1, 0.15) is 17.3 Å². The van der Waals surface area contributed by atoms with E-state index in [9.17, 15) is 0 Å². The minimum Gasteiger partial charge on any atom is -0.497 e. The van der Waals surface area contributed by atoms with E-state index in [1.54, 1.807) is 38.6 Å². The predicted octanol–water partition coefficient (Wildman–Crippen LogP) is 4.63. The summed E-state index contributed by atoms with van der Waals surface area (Å²) in [6.07, 6.45) is 1.67. The Hall–Kier alpha value is -2.99. The number of aromatic nitrogens is 2. The van der Waals surface area contributed by atoms with Gasteiger partial charge >= 0.3 is 0 Å². The number of benzene rings is 2. The van der Waals surface area contributed by atoms with Crippen molar-refractivity contribution in [3.63, 3.8) is 0 Å². The van der Waals surface area contributed by atoms with Gasteiger partial charge in [0.15, 0.2) is 0 Å². The van der Waals surface area contributed by atoms with E-state index in [-0.39, 0.29) is 0 Å². The summed E-state index contributed by atoms with van der Waals surface area (Å²) in [6.45, 7) is 0. The fourth-order valence-electron chi connectivity index (χ4n) is 2.21. The number of hydrogen-bond donors (Lipinski definition) is 2. The second-order valence-electron chi connectivity index (χ2n) is 5.10. The maximum atomic E-state index is 6.14. The Morgan fingerprint density at radius 1 is 0.920 bits per heavy atom. The Kier molecular flexibility index (Phi) is 5.20. The zero-order valence-electron chi connectivity index (χ0n) is 13.8. The molecule has 0 aliphatic heterocycles. The van der Waals surface area contributed by atoms with E-state index in [2.05, 4.69) is 20.6 Å². The van der Waals surface area contributed by atoms with Crippen molar-refractivity contribution in [1.29, 1.82) is 0 Å². The summed E-state index contributed by atoms with van der Waals surface area (Å²) in [4.78, 5) is 8.67. The molecule has 0 unspecified atom stereocenters. The molecule has 25 heavy (non-hydrogen) atoms. The molecule has 6 nitrogen and oxygen atoms in total. The number of halogens is 1. The van der Waals surface area contributed by atoms with E-state index in [0.29, 0.717) is 22.5 Å². The van der Waals surface area contributed by atoms with Gasteiger partial charge in [0.05, 0.1) is 19.2 Å². The van der Waals surface area contributed by atoms with Gasteiger partial charge in [-0.15, -0.1) is 0 Å². The van der Waals surface area contributed by atoms with E-state index in [4.69, 9.17) is 21.1 Å². The van der Waals surface area contributed by atoms with Gasteiger partial charge in [-0.25, -0.2) is 4.98 Å². The molecule has 0 aliphatic carbocycles. The summed E-state index contributed by atoms with van der Waals surface area (Å²) < 4.78 is 10.4. The van der Waals surface area contributed by atoms with Crippen LogP contribution in [0, 0.1) is 0 Å². The third kappa shape index (κ3) is 4.30. The topological polar surface area (TPSA) is 68.3 Å². The van der Waals surface area contributed by atoms with Crippen LogP contribution >= 0.6 is 11.6 Å². The highest BCUT2D eigenvalue weighted by molar-refractivity contribution is 6.32. The lowest BCUT2D eigenvalue weighted by Gasteiger charge is -2.10. The molecule has 0 bridgehead atoms. The maximum absolute atomic E-state index is 6.14. The van der Waals surface area contributed by atoms with Gasteiger partial charge in [-0.3, -0.25) is 0 Å². The van der Waals surface area contributed by atoms with E-state index < -0.39 is 0 Å². The summed E-state index contributed by atoms with van der Waals surface area (Å²) in [7, 11) is 3.20. The number of nitrogens with zero attached hydrogens (tertiary/aromatic N) is 2.